The predicted octanol–water partition coefficient (Wildman–Crippen LogP) is 1.88. The van der Waals surface area contributed by atoms with E-state index >= 15 is 0 Å². The summed E-state index contributed by atoms with van der Waals surface area (Å²) in [5.74, 6) is -1.11. The minimum Gasteiger partial charge on any atom is -0.392 e. The van der Waals surface area contributed by atoms with Crippen LogP contribution in [0.15, 0.2) is 29.2 Å². The van der Waals surface area contributed by atoms with Crippen LogP contribution in [0.25, 0.3) is 0 Å². The highest BCUT2D eigenvalue weighted by Crippen LogP contribution is 2.34. The van der Waals surface area contributed by atoms with Crippen molar-refractivity contribution in [3.8, 4) is 0 Å². The maximum Gasteiger partial charge on any atom is 0.417 e. The Morgan fingerprint density at radius 3 is 2.57 bits per heavy atom. The molecule has 0 spiro atoms. The zero-order valence-electron chi connectivity index (χ0n) is 11.0. The lowest BCUT2D eigenvalue weighted by atomic mass is 10.0. The average molecular weight is 324 g/mol. The third kappa shape index (κ3) is 3.75. The van der Waals surface area contributed by atoms with Gasteiger partial charge in [-0.25, -0.2) is 8.42 Å². The number of aliphatic hydroxyl groups excluding tert-OH is 1. The Balaban J connectivity index is 2.27. The number of hydrogen-bond acceptors (Lipinski definition) is 4. The second-order valence-electron chi connectivity index (χ2n) is 4.97. The molecule has 21 heavy (non-hydrogen) atoms. The van der Waals surface area contributed by atoms with Gasteiger partial charge in [0, 0.05) is 12.5 Å². The molecule has 1 aromatic rings. The molecule has 118 valence electrons. The maximum absolute atomic E-state index is 12.9. The molecular formula is C13H15F3O4S. The maximum atomic E-state index is 12.9. The van der Waals surface area contributed by atoms with Crippen molar-refractivity contribution < 1.29 is 31.4 Å². The Morgan fingerprint density at radius 2 is 2.00 bits per heavy atom. The van der Waals surface area contributed by atoms with E-state index in [1.54, 1.807) is 0 Å². The first-order valence-corrected chi connectivity index (χ1v) is 8.02. The number of ether oxygens (including phenoxy) is 1. The summed E-state index contributed by atoms with van der Waals surface area (Å²) in [7, 11) is -4.24. The molecule has 0 saturated carbocycles. The van der Waals surface area contributed by atoms with E-state index in [1.807, 2.05) is 0 Å². The van der Waals surface area contributed by atoms with E-state index in [0.717, 1.165) is 18.2 Å². The average Bonchev–Trinajstić information content (AvgIpc) is 2.91. The summed E-state index contributed by atoms with van der Waals surface area (Å²) in [6, 6.07) is 3.99. The number of alkyl halides is 3. The van der Waals surface area contributed by atoms with Gasteiger partial charge in [-0.1, -0.05) is 12.1 Å². The molecule has 1 N–H and O–H groups in total. The summed E-state index contributed by atoms with van der Waals surface area (Å²) in [5.41, 5.74) is -1.21. The highest BCUT2D eigenvalue weighted by molar-refractivity contribution is 7.91. The summed E-state index contributed by atoms with van der Waals surface area (Å²) in [5, 5.41) is 9.90. The van der Waals surface area contributed by atoms with Crippen molar-refractivity contribution in [1.29, 1.82) is 0 Å². The van der Waals surface area contributed by atoms with Crippen molar-refractivity contribution in [3.63, 3.8) is 0 Å². The van der Waals surface area contributed by atoms with Crippen LogP contribution in [-0.2, 0) is 20.8 Å². The van der Waals surface area contributed by atoms with Crippen LogP contribution in [0.4, 0.5) is 13.2 Å². The van der Waals surface area contributed by atoms with E-state index in [-0.39, 0.29) is 12.5 Å². The zero-order chi connectivity index (χ0) is 15.7. The second kappa shape index (κ2) is 5.94. The number of benzene rings is 1. The summed E-state index contributed by atoms with van der Waals surface area (Å²) in [6.45, 7) is 0.637. The minimum absolute atomic E-state index is 0.220. The zero-order valence-corrected chi connectivity index (χ0v) is 11.8. The molecule has 8 heteroatoms. The lowest BCUT2D eigenvalue weighted by Gasteiger charge is -2.18. The Morgan fingerprint density at radius 1 is 1.33 bits per heavy atom. The monoisotopic (exact) mass is 324 g/mol. The van der Waals surface area contributed by atoms with Crippen LogP contribution in [0.3, 0.4) is 0 Å². The van der Waals surface area contributed by atoms with Gasteiger partial charge in [0.1, 0.15) is 0 Å². The number of rotatable bonds is 4. The second-order valence-corrected chi connectivity index (χ2v) is 6.97. The molecule has 0 bridgehead atoms. The van der Waals surface area contributed by atoms with Gasteiger partial charge in [0.2, 0.25) is 0 Å². The molecule has 1 aromatic carbocycles. The Bertz CT molecular complexity index is 592. The predicted molar refractivity (Wildman–Crippen MR) is 68.4 cm³/mol. The van der Waals surface area contributed by atoms with Gasteiger partial charge in [0.05, 0.1) is 28.9 Å². The topological polar surface area (TPSA) is 63.6 Å². The van der Waals surface area contributed by atoms with Gasteiger partial charge in [0.15, 0.2) is 9.84 Å². The first-order valence-electron chi connectivity index (χ1n) is 6.36. The normalized spacial score (nSPS) is 21.4. The number of hydrogen-bond donors (Lipinski definition) is 1. The fourth-order valence-corrected chi connectivity index (χ4v) is 3.98. The number of aliphatic hydroxyl groups is 1. The van der Waals surface area contributed by atoms with Crippen LogP contribution in [0.1, 0.15) is 12.0 Å². The molecule has 0 amide bonds. The molecule has 1 saturated heterocycles. The molecule has 2 atom stereocenters. The van der Waals surface area contributed by atoms with Gasteiger partial charge in [0.25, 0.3) is 0 Å². The molecule has 0 radical (unpaired) electrons. The van der Waals surface area contributed by atoms with Gasteiger partial charge in [-0.15, -0.1) is 0 Å². The quantitative estimate of drug-likeness (QED) is 0.918. The SMILES string of the molecule is O=S(=O)(CC(O)C1CCOC1)c1ccccc1C(F)(F)F. The molecule has 1 heterocycles. The minimum atomic E-state index is -4.76. The Kier molecular flexibility index (Phi) is 4.60. The van der Waals surface area contributed by atoms with Crippen molar-refractivity contribution in [2.45, 2.75) is 23.6 Å². The van der Waals surface area contributed by atoms with Crippen LogP contribution in [0.5, 0.6) is 0 Å². The van der Waals surface area contributed by atoms with E-state index in [1.165, 1.54) is 6.07 Å². The standard InChI is InChI=1S/C13H15F3O4S/c14-13(15,16)10-3-1-2-4-12(10)21(18,19)8-11(17)9-5-6-20-7-9/h1-4,9,11,17H,5-8H2. The van der Waals surface area contributed by atoms with E-state index in [0.29, 0.717) is 13.0 Å². The van der Waals surface area contributed by atoms with E-state index in [2.05, 4.69) is 0 Å². The molecule has 4 nitrogen and oxygen atoms in total. The molecule has 2 unspecified atom stereocenters. The van der Waals surface area contributed by atoms with Gasteiger partial charge in [-0.05, 0) is 18.6 Å². The van der Waals surface area contributed by atoms with Crippen molar-refractivity contribution in [2.75, 3.05) is 19.0 Å². The van der Waals surface area contributed by atoms with E-state index < -0.39 is 38.3 Å². The van der Waals surface area contributed by atoms with Crippen molar-refractivity contribution in [1.82, 2.24) is 0 Å². The summed E-state index contributed by atoms with van der Waals surface area (Å²) >= 11 is 0. The van der Waals surface area contributed by atoms with E-state index in [4.69, 9.17) is 4.74 Å². The lowest BCUT2D eigenvalue weighted by Crippen LogP contribution is -2.30. The van der Waals surface area contributed by atoms with Gasteiger partial charge in [-0.2, -0.15) is 13.2 Å². The third-order valence-corrected chi connectivity index (χ3v) is 5.23. The molecule has 1 aliphatic heterocycles. The molecular weight excluding hydrogens is 309 g/mol. The molecule has 0 aliphatic carbocycles. The first kappa shape index (κ1) is 16.3. The fourth-order valence-electron chi connectivity index (χ4n) is 2.28. The molecule has 1 fully saturated rings. The Labute approximate surface area is 120 Å². The Hall–Kier alpha value is -1.12. The molecule has 0 aromatic heterocycles. The number of halogens is 3. The van der Waals surface area contributed by atoms with Crippen LogP contribution in [-0.4, -0.2) is 38.6 Å². The first-order chi connectivity index (χ1) is 9.72. The summed E-state index contributed by atoms with van der Waals surface area (Å²) in [4.78, 5) is -0.796. The highest BCUT2D eigenvalue weighted by Gasteiger charge is 2.38. The van der Waals surface area contributed by atoms with Gasteiger partial charge < -0.3 is 9.84 Å². The lowest BCUT2D eigenvalue weighted by molar-refractivity contribution is -0.139. The third-order valence-electron chi connectivity index (χ3n) is 3.43. The van der Waals surface area contributed by atoms with Crippen LogP contribution >= 0.6 is 0 Å². The largest absolute Gasteiger partial charge is 0.417 e. The fraction of sp³-hybridized carbons (Fsp3) is 0.538. The van der Waals surface area contributed by atoms with Gasteiger partial charge >= 0.3 is 6.18 Å². The molecule has 1 aliphatic rings. The van der Waals surface area contributed by atoms with Crippen molar-refractivity contribution in [3.05, 3.63) is 29.8 Å². The smallest absolute Gasteiger partial charge is 0.392 e. The summed E-state index contributed by atoms with van der Waals surface area (Å²) < 4.78 is 68.0. The number of sulfone groups is 1. The van der Waals surface area contributed by atoms with Crippen LogP contribution in [0.2, 0.25) is 0 Å². The summed E-state index contributed by atoms with van der Waals surface area (Å²) in [6.07, 6.45) is -5.50. The van der Waals surface area contributed by atoms with Crippen LogP contribution in [0, 0.1) is 5.92 Å². The van der Waals surface area contributed by atoms with Gasteiger partial charge in [-0.3, -0.25) is 0 Å². The van der Waals surface area contributed by atoms with Crippen LogP contribution < -0.4 is 0 Å². The van der Waals surface area contributed by atoms with Crippen molar-refractivity contribution in [2.24, 2.45) is 5.92 Å². The highest BCUT2D eigenvalue weighted by atomic mass is 32.2. The van der Waals surface area contributed by atoms with E-state index in [9.17, 15) is 26.7 Å². The molecule has 2 rings (SSSR count). The van der Waals surface area contributed by atoms with Crippen molar-refractivity contribution >= 4 is 9.84 Å².